The largest absolute Gasteiger partial charge is 0.339 e. The van der Waals surface area contributed by atoms with Gasteiger partial charge in [0, 0.05) is 12.3 Å². The van der Waals surface area contributed by atoms with Gasteiger partial charge in [-0.25, -0.2) is 0 Å². The van der Waals surface area contributed by atoms with E-state index in [-0.39, 0.29) is 18.1 Å². The Hall–Kier alpha value is -1.19. The van der Waals surface area contributed by atoms with Crippen molar-refractivity contribution in [3.8, 4) is 0 Å². The highest BCUT2D eigenvalue weighted by Crippen LogP contribution is 2.10. The van der Waals surface area contributed by atoms with E-state index >= 15 is 0 Å². The average molecular weight is 182 g/mol. The lowest BCUT2D eigenvalue weighted by Crippen LogP contribution is -2.00. The van der Waals surface area contributed by atoms with Crippen molar-refractivity contribution in [1.82, 2.24) is 10.1 Å². The third kappa shape index (κ3) is 2.65. The molecule has 0 radical (unpaired) electrons. The minimum Gasteiger partial charge on any atom is -0.339 e. The number of ketones is 1. The molecule has 1 aromatic rings. The molecule has 4 heteroatoms. The summed E-state index contributed by atoms with van der Waals surface area (Å²) in [5.41, 5.74) is 0. The maximum Gasteiger partial charge on any atom is 0.234 e. The topological polar surface area (TPSA) is 56.0 Å². The van der Waals surface area contributed by atoms with Crippen molar-refractivity contribution in [2.24, 2.45) is 0 Å². The quantitative estimate of drug-likeness (QED) is 0.711. The Morgan fingerprint density at radius 3 is 2.69 bits per heavy atom. The van der Waals surface area contributed by atoms with E-state index < -0.39 is 0 Å². The van der Waals surface area contributed by atoms with Crippen LogP contribution in [0.1, 0.15) is 44.8 Å². The number of carbonyl (C=O) groups excluding carboxylic acids is 1. The molecular weight excluding hydrogens is 168 g/mol. The number of aromatic nitrogens is 2. The number of nitrogens with zero attached hydrogens (tertiary/aromatic N) is 2. The predicted octanol–water partition coefficient (Wildman–Crippen LogP) is 1.71. The third-order valence-corrected chi connectivity index (χ3v) is 1.74. The first kappa shape index (κ1) is 9.89. The highest BCUT2D eigenvalue weighted by Gasteiger charge is 2.11. The monoisotopic (exact) mass is 182 g/mol. The molecule has 0 aromatic carbocycles. The van der Waals surface area contributed by atoms with Crippen LogP contribution in [0.2, 0.25) is 0 Å². The van der Waals surface area contributed by atoms with E-state index in [1.165, 1.54) is 0 Å². The standard InChI is InChI=1S/C9H14N2O2/c1-4-7(12)5-8-10-9(6(2)3)11-13-8/h6H,4-5H2,1-3H3. The first-order valence-corrected chi connectivity index (χ1v) is 4.47. The minimum absolute atomic E-state index is 0.124. The Morgan fingerprint density at radius 2 is 2.23 bits per heavy atom. The summed E-state index contributed by atoms with van der Waals surface area (Å²) in [6, 6.07) is 0. The molecule has 1 aromatic heterocycles. The van der Waals surface area contributed by atoms with Gasteiger partial charge in [-0.15, -0.1) is 0 Å². The van der Waals surface area contributed by atoms with Gasteiger partial charge < -0.3 is 4.52 Å². The van der Waals surface area contributed by atoms with E-state index in [0.29, 0.717) is 18.1 Å². The molecule has 0 aliphatic carbocycles. The summed E-state index contributed by atoms with van der Waals surface area (Å²) in [6.07, 6.45) is 0.773. The molecule has 0 amide bonds. The lowest BCUT2D eigenvalue weighted by molar-refractivity contribution is -0.118. The SMILES string of the molecule is CCC(=O)Cc1nc(C(C)C)no1. The molecule has 0 saturated heterocycles. The second-order valence-corrected chi connectivity index (χ2v) is 3.27. The first-order valence-electron chi connectivity index (χ1n) is 4.47. The molecule has 13 heavy (non-hydrogen) atoms. The summed E-state index contributed by atoms with van der Waals surface area (Å²) in [6.45, 7) is 5.79. The summed E-state index contributed by atoms with van der Waals surface area (Å²) in [5.74, 6) is 1.46. The second-order valence-electron chi connectivity index (χ2n) is 3.27. The Kier molecular flexibility index (Phi) is 3.17. The van der Waals surface area contributed by atoms with Crippen LogP contribution < -0.4 is 0 Å². The Bertz CT molecular complexity index is 292. The number of carbonyl (C=O) groups is 1. The van der Waals surface area contributed by atoms with Crippen molar-refractivity contribution in [3.05, 3.63) is 11.7 Å². The van der Waals surface area contributed by atoms with Gasteiger partial charge >= 0.3 is 0 Å². The van der Waals surface area contributed by atoms with Gasteiger partial charge in [0.05, 0.1) is 6.42 Å². The van der Waals surface area contributed by atoms with Crippen LogP contribution in [-0.4, -0.2) is 15.9 Å². The molecule has 0 saturated carbocycles. The van der Waals surface area contributed by atoms with E-state index in [2.05, 4.69) is 10.1 Å². The summed E-state index contributed by atoms with van der Waals surface area (Å²) in [7, 11) is 0. The van der Waals surface area contributed by atoms with Crippen LogP contribution in [0.15, 0.2) is 4.52 Å². The van der Waals surface area contributed by atoms with Gasteiger partial charge in [-0.2, -0.15) is 4.98 Å². The molecule has 4 nitrogen and oxygen atoms in total. The molecule has 0 atom stereocenters. The summed E-state index contributed by atoms with van der Waals surface area (Å²) < 4.78 is 4.92. The molecule has 0 aliphatic rings. The van der Waals surface area contributed by atoms with Gasteiger partial charge in [0.15, 0.2) is 5.82 Å². The van der Waals surface area contributed by atoms with Gasteiger partial charge in [-0.05, 0) is 0 Å². The maximum absolute atomic E-state index is 11.0. The molecule has 0 spiro atoms. The molecule has 1 heterocycles. The normalized spacial score (nSPS) is 10.8. The van der Waals surface area contributed by atoms with Gasteiger partial charge in [0.2, 0.25) is 5.89 Å². The Morgan fingerprint density at radius 1 is 1.54 bits per heavy atom. The van der Waals surface area contributed by atoms with Crippen molar-refractivity contribution in [2.75, 3.05) is 0 Å². The van der Waals surface area contributed by atoms with Crippen LogP contribution in [0.3, 0.4) is 0 Å². The lowest BCUT2D eigenvalue weighted by atomic mass is 10.2. The van der Waals surface area contributed by atoms with E-state index in [9.17, 15) is 4.79 Å². The fourth-order valence-corrected chi connectivity index (χ4v) is 0.868. The number of Topliss-reactive ketones (excluding diaryl/α,β-unsaturated/α-hetero) is 1. The molecule has 0 bridgehead atoms. The fourth-order valence-electron chi connectivity index (χ4n) is 0.868. The smallest absolute Gasteiger partial charge is 0.234 e. The van der Waals surface area contributed by atoms with Crippen molar-refractivity contribution >= 4 is 5.78 Å². The lowest BCUT2D eigenvalue weighted by Gasteiger charge is -1.92. The fraction of sp³-hybridized carbons (Fsp3) is 0.667. The van der Waals surface area contributed by atoms with E-state index in [1.807, 2.05) is 20.8 Å². The second kappa shape index (κ2) is 4.16. The van der Waals surface area contributed by atoms with E-state index in [1.54, 1.807) is 0 Å². The van der Waals surface area contributed by atoms with Gasteiger partial charge in [0.25, 0.3) is 0 Å². The third-order valence-electron chi connectivity index (χ3n) is 1.74. The zero-order valence-electron chi connectivity index (χ0n) is 8.20. The zero-order valence-corrected chi connectivity index (χ0v) is 8.20. The van der Waals surface area contributed by atoms with Crippen molar-refractivity contribution < 1.29 is 9.32 Å². The maximum atomic E-state index is 11.0. The van der Waals surface area contributed by atoms with Gasteiger partial charge in [-0.1, -0.05) is 25.9 Å². The molecule has 0 N–H and O–H groups in total. The van der Waals surface area contributed by atoms with Crippen molar-refractivity contribution in [3.63, 3.8) is 0 Å². The minimum atomic E-state index is 0.124. The molecule has 0 fully saturated rings. The predicted molar refractivity (Wildman–Crippen MR) is 47.4 cm³/mol. The van der Waals surface area contributed by atoms with Crippen LogP contribution in [0.4, 0.5) is 0 Å². The van der Waals surface area contributed by atoms with Crippen LogP contribution in [0, 0.1) is 0 Å². The van der Waals surface area contributed by atoms with Crippen LogP contribution in [0.5, 0.6) is 0 Å². The van der Waals surface area contributed by atoms with Crippen LogP contribution >= 0.6 is 0 Å². The molecule has 1 rings (SSSR count). The number of hydrogen-bond acceptors (Lipinski definition) is 4. The van der Waals surface area contributed by atoms with Gasteiger partial charge in [-0.3, -0.25) is 4.79 Å². The van der Waals surface area contributed by atoms with Crippen molar-refractivity contribution in [2.45, 2.75) is 39.5 Å². The number of hydrogen-bond donors (Lipinski definition) is 0. The molecule has 0 aliphatic heterocycles. The van der Waals surface area contributed by atoms with E-state index in [4.69, 9.17) is 4.52 Å². The first-order chi connectivity index (χ1) is 6.13. The highest BCUT2D eigenvalue weighted by molar-refractivity contribution is 5.79. The summed E-state index contributed by atoms with van der Waals surface area (Å²) >= 11 is 0. The molecular formula is C9H14N2O2. The summed E-state index contributed by atoms with van der Waals surface area (Å²) in [5, 5.41) is 3.76. The number of rotatable bonds is 4. The van der Waals surface area contributed by atoms with Gasteiger partial charge in [0.1, 0.15) is 5.78 Å². The van der Waals surface area contributed by atoms with E-state index in [0.717, 1.165) is 0 Å². The zero-order chi connectivity index (χ0) is 9.84. The van der Waals surface area contributed by atoms with Crippen LogP contribution in [-0.2, 0) is 11.2 Å². The highest BCUT2D eigenvalue weighted by atomic mass is 16.5. The molecule has 72 valence electrons. The Balaban J connectivity index is 2.64. The molecule has 0 unspecified atom stereocenters. The summed E-state index contributed by atoms with van der Waals surface area (Å²) in [4.78, 5) is 15.1. The Labute approximate surface area is 77.3 Å². The average Bonchev–Trinajstić information content (AvgIpc) is 2.52. The van der Waals surface area contributed by atoms with Crippen LogP contribution in [0.25, 0.3) is 0 Å². The van der Waals surface area contributed by atoms with Crippen molar-refractivity contribution in [1.29, 1.82) is 0 Å².